The van der Waals surface area contributed by atoms with E-state index < -0.39 is 11.9 Å². The predicted octanol–water partition coefficient (Wildman–Crippen LogP) is 2.32. The van der Waals surface area contributed by atoms with Gasteiger partial charge in [0.25, 0.3) is 0 Å². The number of rotatable bonds is 4. The van der Waals surface area contributed by atoms with E-state index in [2.05, 4.69) is 12.2 Å². The van der Waals surface area contributed by atoms with Gasteiger partial charge in [0.2, 0.25) is 0 Å². The van der Waals surface area contributed by atoms with Gasteiger partial charge in [-0.25, -0.2) is 4.79 Å². The summed E-state index contributed by atoms with van der Waals surface area (Å²) in [6.07, 6.45) is 4.38. The van der Waals surface area contributed by atoms with Crippen LogP contribution in [-0.2, 0) is 4.79 Å². The number of hydrogen-bond acceptors (Lipinski definition) is 2. The smallest absolute Gasteiger partial charge is 0.317 e. The highest BCUT2D eigenvalue weighted by Gasteiger charge is 2.27. The number of nitrogens with one attached hydrogen (secondary N) is 1. The fourth-order valence-electron chi connectivity index (χ4n) is 2.43. The van der Waals surface area contributed by atoms with Crippen molar-refractivity contribution in [2.24, 2.45) is 11.8 Å². The first-order valence-corrected chi connectivity index (χ1v) is 7.09. The van der Waals surface area contributed by atoms with Crippen LogP contribution in [0.1, 0.15) is 46.5 Å². The van der Waals surface area contributed by atoms with Crippen LogP contribution in [0.15, 0.2) is 0 Å². The van der Waals surface area contributed by atoms with Gasteiger partial charge in [-0.05, 0) is 45.4 Å². The number of carbonyl (C=O) groups is 2. The molecule has 2 atom stereocenters. The Morgan fingerprint density at radius 1 is 1.21 bits per heavy atom. The Hall–Kier alpha value is -1.26. The average Bonchev–Trinajstić information content (AvgIpc) is 2.37. The van der Waals surface area contributed by atoms with Crippen LogP contribution in [0.5, 0.6) is 0 Å². The van der Waals surface area contributed by atoms with Crippen molar-refractivity contribution in [3.8, 4) is 0 Å². The SMILES string of the molecule is CC1CCC(N(C)C(=O)NC(C)C(C)C(=O)O)CC1. The molecule has 0 aromatic heterocycles. The molecule has 2 N–H and O–H groups in total. The second-order valence-electron chi connectivity index (χ2n) is 5.89. The maximum absolute atomic E-state index is 12.1. The molecule has 1 aliphatic carbocycles. The summed E-state index contributed by atoms with van der Waals surface area (Å²) in [6, 6.07) is -0.251. The fraction of sp³-hybridized carbons (Fsp3) is 0.857. The topological polar surface area (TPSA) is 69.6 Å². The van der Waals surface area contributed by atoms with E-state index in [1.54, 1.807) is 25.8 Å². The molecule has 1 rings (SSSR count). The summed E-state index contributed by atoms with van der Waals surface area (Å²) in [6.45, 7) is 5.58. The van der Waals surface area contributed by atoms with Crippen LogP contribution >= 0.6 is 0 Å². The molecule has 2 unspecified atom stereocenters. The lowest BCUT2D eigenvalue weighted by molar-refractivity contribution is -0.141. The number of amides is 2. The van der Waals surface area contributed by atoms with Gasteiger partial charge < -0.3 is 15.3 Å². The van der Waals surface area contributed by atoms with E-state index in [4.69, 9.17) is 5.11 Å². The summed E-state index contributed by atoms with van der Waals surface area (Å²) >= 11 is 0. The van der Waals surface area contributed by atoms with Gasteiger partial charge in [-0.3, -0.25) is 4.79 Å². The van der Waals surface area contributed by atoms with Crippen LogP contribution in [0.2, 0.25) is 0 Å². The van der Waals surface area contributed by atoms with E-state index in [0.717, 1.165) is 31.6 Å². The fourth-order valence-corrected chi connectivity index (χ4v) is 2.43. The summed E-state index contributed by atoms with van der Waals surface area (Å²) in [5, 5.41) is 11.7. The number of carboxylic acid groups (broad SMARTS) is 1. The number of urea groups is 1. The highest BCUT2D eigenvalue weighted by molar-refractivity contribution is 5.76. The molecular weight excluding hydrogens is 244 g/mol. The van der Waals surface area contributed by atoms with Crippen molar-refractivity contribution in [1.82, 2.24) is 10.2 Å². The first kappa shape index (κ1) is 15.8. The molecule has 0 aromatic carbocycles. The van der Waals surface area contributed by atoms with E-state index in [1.807, 2.05) is 0 Å². The molecule has 0 aromatic rings. The van der Waals surface area contributed by atoms with Gasteiger partial charge >= 0.3 is 12.0 Å². The Kier molecular flexibility index (Phi) is 5.63. The summed E-state index contributed by atoms with van der Waals surface area (Å²) in [7, 11) is 1.80. The molecule has 1 fully saturated rings. The first-order valence-electron chi connectivity index (χ1n) is 7.09. The van der Waals surface area contributed by atoms with E-state index >= 15 is 0 Å². The summed E-state index contributed by atoms with van der Waals surface area (Å²) in [5.74, 6) is -0.718. The van der Waals surface area contributed by atoms with Crippen molar-refractivity contribution in [2.45, 2.75) is 58.5 Å². The minimum absolute atomic E-state index is 0.167. The van der Waals surface area contributed by atoms with Gasteiger partial charge in [0.05, 0.1) is 5.92 Å². The largest absolute Gasteiger partial charge is 0.481 e. The zero-order valence-corrected chi connectivity index (χ0v) is 12.3. The monoisotopic (exact) mass is 270 g/mol. The zero-order valence-electron chi connectivity index (χ0n) is 12.3. The lowest BCUT2D eigenvalue weighted by Crippen LogP contribution is -2.49. The van der Waals surface area contributed by atoms with Crippen LogP contribution in [0.25, 0.3) is 0 Å². The van der Waals surface area contributed by atoms with Crippen molar-refractivity contribution < 1.29 is 14.7 Å². The van der Waals surface area contributed by atoms with Crippen LogP contribution in [0, 0.1) is 11.8 Å². The molecule has 0 bridgehead atoms. The molecule has 5 nitrogen and oxygen atoms in total. The van der Waals surface area contributed by atoms with Crippen LogP contribution < -0.4 is 5.32 Å². The zero-order chi connectivity index (χ0) is 14.6. The lowest BCUT2D eigenvalue weighted by atomic mass is 9.87. The lowest BCUT2D eigenvalue weighted by Gasteiger charge is -2.34. The number of aliphatic carboxylic acids is 1. The molecule has 110 valence electrons. The molecule has 0 saturated heterocycles. The van der Waals surface area contributed by atoms with E-state index in [0.29, 0.717) is 0 Å². The van der Waals surface area contributed by atoms with Crippen molar-refractivity contribution >= 4 is 12.0 Å². The third-order valence-corrected chi connectivity index (χ3v) is 4.34. The molecule has 0 spiro atoms. The van der Waals surface area contributed by atoms with Crippen LogP contribution in [0.4, 0.5) is 4.79 Å². The quantitative estimate of drug-likeness (QED) is 0.823. The standard InChI is InChI=1S/C14H26N2O3/c1-9-5-7-12(8-6-9)16(4)14(19)15-11(3)10(2)13(17)18/h9-12H,5-8H2,1-4H3,(H,15,19)(H,17,18). The molecule has 0 radical (unpaired) electrons. The molecule has 0 heterocycles. The predicted molar refractivity (Wildman–Crippen MR) is 74.0 cm³/mol. The maximum atomic E-state index is 12.1. The molecule has 5 heteroatoms. The van der Waals surface area contributed by atoms with Gasteiger partial charge in [0.1, 0.15) is 0 Å². The maximum Gasteiger partial charge on any atom is 0.317 e. The summed E-state index contributed by atoms with van der Waals surface area (Å²) in [5.41, 5.74) is 0. The van der Waals surface area contributed by atoms with E-state index in [-0.39, 0.29) is 18.1 Å². The van der Waals surface area contributed by atoms with Crippen molar-refractivity contribution in [1.29, 1.82) is 0 Å². The number of hydrogen-bond donors (Lipinski definition) is 2. The van der Waals surface area contributed by atoms with Crippen LogP contribution in [-0.4, -0.2) is 41.1 Å². The second-order valence-corrected chi connectivity index (χ2v) is 5.89. The van der Waals surface area contributed by atoms with Crippen molar-refractivity contribution in [3.63, 3.8) is 0 Å². The molecule has 1 aliphatic rings. The molecule has 1 saturated carbocycles. The van der Waals surface area contributed by atoms with Gasteiger partial charge in [-0.2, -0.15) is 0 Å². The average molecular weight is 270 g/mol. The van der Waals surface area contributed by atoms with Gasteiger partial charge in [0, 0.05) is 19.1 Å². The molecule has 2 amide bonds. The van der Waals surface area contributed by atoms with Crippen molar-refractivity contribution in [3.05, 3.63) is 0 Å². The summed E-state index contributed by atoms with van der Waals surface area (Å²) < 4.78 is 0. The Balaban J connectivity index is 2.46. The third-order valence-electron chi connectivity index (χ3n) is 4.34. The number of carbonyl (C=O) groups excluding carboxylic acids is 1. The van der Waals surface area contributed by atoms with Gasteiger partial charge in [0.15, 0.2) is 0 Å². The molecule has 0 aliphatic heterocycles. The molecular formula is C14H26N2O3. The highest BCUT2D eigenvalue weighted by atomic mass is 16.4. The Morgan fingerprint density at radius 3 is 2.21 bits per heavy atom. The molecule has 19 heavy (non-hydrogen) atoms. The number of carboxylic acids is 1. The Labute approximate surface area is 115 Å². The number of nitrogens with zero attached hydrogens (tertiary/aromatic N) is 1. The third kappa shape index (κ3) is 4.40. The first-order chi connectivity index (χ1) is 8.82. The van der Waals surface area contributed by atoms with Crippen LogP contribution in [0.3, 0.4) is 0 Å². The highest BCUT2D eigenvalue weighted by Crippen LogP contribution is 2.26. The normalized spacial score (nSPS) is 26.3. The second kappa shape index (κ2) is 6.78. The van der Waals surface area contributed by atoms with Gasteiger partial charge in [-0.1, -0.05) is 6.92 Å². The minimum Gasteiger partial charge on any atom is -0.481 e. The van der Waals surface area contributed by atoms with E-state index in [9.17, 15) is 9.59 Å². The Morgan fingerprint density at radius 2 is 1.74 bits per heavy atom. The van der Waals surface area contributed by atoms with E-state index in [1.165, 1.54) is 0 Å². The van der Waals surface area contributed by atoms with Gasteiger partial charge in [-0.15, -0.1) is 0 Å². The Bertz CT molecular complexity index is 325. The minimum atomic E-state index is -0.887. The summed E-state index contributed by atoms with van der Waals surface area (Å²) in [4.78, 5) is 24.7. The van der Waals surface area contributed by atoms with Crippen molar-refractivity contribution in [2.75, 3.05) is 7.05 Å².